The number of H-pyrrole nitrogens is 1. The molecule has 0 aliphatic carbocycles. The lowest BCUT2D eigenvalue weighted by Gasteiger charge is -2.13. The van der Waals surface area contributed by atoms with Crippen LogP contribution in [-0.2, 0) is 6.54 Å². The Labute approximate surface area is 131 Å². The van der Waals surface area contributed by atoms with Gasteiger partial charge in [-0.15, -0.1) is 11.3 Å². The summed E-state index contributed by atoms with van der Waals surface area (Å²) >= 11 is 1.64. The molecule has 0 spiro atoms. The van der Waals surface area contributed by atoms with E-state index in [0.717, 1.165) is 16.1 Å². The second kappa shape index (κ2) is 6.83. The van der Waals surface area contributed by atoms with Gasteiger partial charge in [-0.1, -0.05) is 24.3 Å². The Morgan fingerprint density at radius 3 is 2.91 bits per heavy atom. The van der Waals surface area contributed by atoms with Crippen LogP contribution in [0.1, 0.15) is 17.2 Å². The number of rotatable bonds is 6. The van der Waals surface area contributed by atoms with E-state index in [1.807, 2.05) is 17.5 Å². The number of benzene rings is 1. The van der Waals surface area contributed by atoms with Crippen molar-refractivity contribution in [2.24, 2.45) is 0 Å². The Kier molecular flexibility index (Phi) is 4.62. The standard InChI is InChI=1S/C16H16FN3OS/c17-13-5-2-1-4-12(13)14(21)10-18-8-11-9-19-20-16(11)15-6-3-7-22-15/h1-7,9,14,18,21H,8,10H2,(H,19,20)/t14-/m0/s1. The summed E-state index contributed by atoms with van der Waals surface area (Å²) in [5, 5.41) is 22.3. The number of halogens is 1. The fourth-order valence-corrected chi connectivity index (χ4v) is 3.03. The van der Waals surface area contributed by atoms with Gasteiger partial charge in [0.15, 0.2) is 0 Å². The molecule has 0 unspecified atom stereocenters. The first-order chi connectivity index (χ1) is 10.8. The summed E-state index contributed by atoms with van der Waals surface area (Å²) in [6.07, 6.45) is 0.885. The van der Waals surface area contributed by atoms with E-state index in [4.69, 9.17) is 0 Å². The van der Waals surface area contributed by atoms with E-state index in [1.165, 1.54) is 6.07 Å². The highest BCUT2D eigenvalue weighted by molar-refractivity contribution is 7.13. The molecule has 3 N–H and O–H groups in total. The average Bonchev–Trinajstić information content (AvgIpc) is 3.18. The van der Waals surface area contributed by atoms with E-state index in [9.17, 15) is 9.50 Å². The minimum atomic E-state index is -0.877. The summed E-state index contributed by atoms with van der Waals surface area (Å²) in [5.41, 5.74) is 2.30. The fourth-order valence-electron chi connectivity index (χ4n) is 2.28. The molecule has 22 heavy (non-hydrogen) atoms. The molecule has 0 fully saturated rings. The zero-order chi connectivity index (χ0) is 15.4. The summed E-state index contributed by atoms with van der Waals surface area (Å²) in [6.45, 7) is 0.825. The SMILES string of the molecule is O[C@@H](CNCc1cn[nH]c1-c1cccs1)c1ccccc1F. The van der Waals surface area contributed by atoms with E-state index < -0.39 is 6.10 Å². The molecule has 114 valence electrons. The Morgan fingerprint density at radius 2 is 2.14 bits per heavy atom. The van der Waals surface area contributed by atoms with Gasteiger partial charge in [0.05, 0.1) is 22.9 Å². The maximum atomic E-state index is 13.6. The van der Waals surface area contributed by atoms with Gasteiger partial charge in [-0.2, -0.15) is 5.10 Å². The van der Waals surface area contributed by atoms with Crippen molar-refractivity contribution in [2.45, 2.75) is 12.6 Å². The van der Waals surface area contributed by atoms with Gasteiger partial charge in [0, 0.05) is 24.2 Å². The van der Waals surface area contributed by atoms with Crippen molar-refractivity contribution < 1.29 is 9.50 Å². The molecule has 2 heterocycles. The van der Waals surface area contributed by atoms with Gasteiger partial charge in [-0.25, -0.2) is 4.39 Å². The monoisotopic (exact) mass is 317 g/mol. The van der Waals surface area contributed by atoms with Gasteiger partial charge < -0.3 is 10.4 Å². The summed E-state index contributed by atoms with van der Waals surface area (Å²) in [5.74, 6) is -0.389. The zero-order valence-corrected chi connectivity index (χ0v) is 12.6. The lowest BCUT2D eigenvalue weighted by molar-refractivity contribution is 0.169. The minimum Gasteiger partial charge on any atom is -0.387 e. The molecule has 0 saturated carbocycles. The van der Waals surface area contributed by atoms with Gasteiger partial charge in [0.25, 0.3) is 0 Å². The normalized spacial score (nSPS) is 12.5. The van der Waals surface area contributed by atoms with E-state index >= 15 is 0 Å². The van der Waals surface area contributed by atoms with Crippen molar-refractivity contribution >= 4 is 11.3 Å². The number of aliphatic hydroxyl groups excluding tert-OH is 1. The second-order valence-corrected chi connectivity index (χ2v) is 5.86. The third-order valence-electron chi connectivity index (χ3n) is 3.40. The van der Waals surface area contributed by atoms with Gasteiger partial charge >= 0.3 is 0 Å². The van der Waals surface area contributed by atoms with E-state index in [0.29, 0.717) is 12.1 Å². The number of aliphatic hydroxyl groups is 1. The molecule has 1 atom stereocenters. The van der Waals surface area contributed by atoms with Crippen molar-refractivity contribution in [3.63, 3.8) is 0 Å². The molecule has 4 nitrogen and oxygen atoms in total. The maximum absolute atomic E-state index is 13.6. The highest BCUT2D eigenvalue weighted by Gasteiger charge is 2.13. The number of aromatic amines is 1. The average molecular weight is 317 g/mol. The summed E-state index contributed by atoms with van der Waals surface area (Å²) < 4.78 is 13.6. The second-order valence-electron chi connectivity index (χ2n) is 4.92. The third kappa shape index (κ3) is 3.24. The van der Waals surface area contributed by atoms with E-state index in [2.05, 4.69) is 15.5 Å². The van der Waals surface area contributed by atoms with E-state index in [-0.39, 0.29) is 12.4 Å². The van der Waals surface area contributed by atoms with Gasteiger partial charge in [-0.3, -0.25) is 5.10 Å². The predicted octanol–water partition coefficient (Wildman–Crippen LogP) is 3.10. The van der Waals surface area contributed by atoms with Crippen LogP contribution in [0.4, 0.5) is 4.39 Å². The van der Waals surface area contributed by atoms with Crippen LogP contribution < -0.4 is 5.32 Å². The Hall–Kier alpha value is -2.02. The number of hydrogen-bond donors (Lipinski definition) is 3. The molecular weight excluding hydrogens is 301 g/mol. The maximum Gasteiger partial charge on any atom is 0.129 e. The van der Waals surface area contributed by atoms with Crippen LogP contribution in [0, 0.1) is 5.82 Å². The third-order valence-corrected chi connectivity index (χ3v) is 4.29. The van der Waals surface area contributed by atoms with Gasteiger partial charge in [-0.05, 0) is 17.5 Å². The summed E-state index contributed by atoms with van der Waals surface area (Å²) in [6, 6.07) is 10.3. The van der Waals surface area contributed by atoms with Crippen LogP contribution in [0.15, 0.2) is 48.0 Å². The number of aromatic nitrogens is 2. The van der Waals surface area contributed by atoms with Crippen molar-refractivity contribution in [1.82, 2.24) is 15.5 Å². The number of thiophene rings is 1. The number of nitrogens with zero attached hydrogens (tertiary/aromatic N) is 1. The molecule has 6 heteroatoms. The van der Waals surface area contributed by atoms with E-state index in [1.54, 1.807) is 35.7 Å². The quantitative estimate of drug-likeness (QED) is 0.655. The van der Waals surface area contributed by atoms with Crippen LogP contribution in [0.5, 0.6) is 0 Å². The summed E-state index contributed by atoms with van der Waals surface area (Å²) in [4.78, 5) is 1.11. The smallest absolute Gasteiger partial charge is 0.129 e. The Bertz CT molecular complexity index is 727. The Balaban J connectivity index is 1.60. The molecule has 1 aromatic carbocycles. The van der Waals surface area contributed by atoms with Crippen LogP contribution >= 0.6 is 11.3 Å². The van der Waals surface area contributed by atoms with Crippen molar-refractivity contribution in [3.8, 4) is 10.6 Å². The minimum absolute atomic E-state index is 0.274. The molecule has 0 saturated heterocycles. The lowest BCUT2D eigenvalue weighted by Crippen LogP contribution is -2.21. The van der Waals surface area contributed by atoms with Crippen LogP contribution in [-0.4, -0.2) is 21.8 Å². The van der Waals surface area contributed by atoms with Crippen LogP contribution in [0.2, 0.25) is 0 Å². The first-order valence-electron chi connectivity index (χ1n) is 6.95. The zero-order valence-electron chi connectivity index (χ0n) is 11.8. The topological polar surface area (TPSA) is 60.9 Å². The number of nitrogens with one attached hydrogen (secondary N) is 2. The molecule has 0 aliphatic rings. The molecule has 2 aromatic heterocycles. The highest BCUT2D eigenvalue weighted by atomic mass is 32.1. The molecule has 3 rings (SSSR count). The van der Waals surface area contributed by atoms with Gasteiger partial charge in [0.1, 0.15) is 5.82 Å². The van der Waals surface area contributed by atoms with Gasteiger partial charge in [0.2, 0.25) is 0 Å². The van der Waals surface area contributed by atoms with Crippen molar-refractivity contribution in [2.75, 3.05) is 6.54 Å². The molecule has 3 aromatic rings. The largest absolute Gasteiger partial charge is 0.387 e. The molecule has 0 aliphatic heterocycles. The molecule has 0 bridgehead atoms. The van der Waals surface area contributed by atoms with Crippen molar-refractivity contribution in [3.05, 3.63) is 64.9 Å². The first-order valence-corrected chi connectivity index (χ1v) is 7.83. The highest BCUT2D eigenvalue weighted by Crippen LogP contribution is 2.25. The number of hydrogen-bond acceptors (Lipinski definition) is 4. The molecule has 0 amide bonds. The summed E-state index contributed by atoms with van der Waals surface area (Å²) in [7, 11) is 0. The fraction of sp³-hybridized carbons (Fsp3) is 0.188. The predicted molar refractivity (Wildman–Crippen MR) is 85.0 cm³/mol. The molecular formula is C16H16FN3OS. The van der Waals surface area contributed by atoms with Crippen molar-refractivity contribution in [1.29, 1.82) is 0 Å². The van der Waals surface area contributed by atoms with Crippen LogP contribution in [0.3, 0.4) is 0 Å². The molecule has 0 radical (unpaired) electrons. The van der Waals surface area contributed by atoms with Crippen LogP contribution in [0.25, 0.3) is 10.6 Å². The Morgan fingerprint density at radius 1 is 1.27 bits per heavy atom. The lowest BCUT2D eigenvalue weighted by atomic mass is 10.1. The first kappa shape index (κ1) is 14.9.